The number of amides is 1. The van der Waals surface area contributed by atoms with Crippen LogP contribution in [0.3, 0.4) is 0 Å². The van der Waals surface area contributed by atoms with Crippen LogP contribution in [0.5, 0.6) is 0 Å². The van der Waals surface area contributed by atoms with Gasteiger partial charge in [0.2, 0.25) is 0 Å². The standard InChI is InChI=1S/C23H18Cl3NO3/c24-18-10-5-4-9-16(18)23(29)27-21(15-7-2-1-3-8-15)13-22(28)30-14-17-19(25)11-6-12-20(17)26/h1-12,21H,13-14H2,(H,27,29)/t21-/m1/s1. The molecule has 0 saturated carbocycles. The van der Waals surface area contributed by atoms with Crippen LogP contribution >= 0.6 is 34.8 Å². The van der Waals surface area contributed by atoms with Gasteiger partial charge >= 0.3 is 5.97 Å². The molecule has 0 aliphatic heterocycles. The molecular weight excluding hydrogens is 445 g/mol. The van der Waals surface area contributed by atoms with Gasteiger partial charge in [-0.05, 0) is 29.8 Å². The van der Waals surface area contributed by atoms with E-state index in [9.17, 15) is 9.59 Å². The first kappa shape index (κ1) is 22.2. The highest BCUT2D eigenvalue weighted by Crippen LogP contribution is 2.26. The number of benzene rings is 3. The van der Waals surface area contributed by atoms with Crippen LogP contribution in [-0.2, 0) is 16.1 Å². The zero-order valence-corrected chi connectivity index (χ0v) is 18.0. The van der Waals surface area contributed by atoms with Gasteiger partial charge < -0.3 is 10.1 Å². The fraction of sp³-hybridized carbons (Fsp3) is 0.130. The summed E-state index contributed by atoms with van der Waals surface area (Å²) in [5.41, 5.74) is 1.63. The fourth-order valence-electron chi connectivity index (χ4n) is 2.87. The smallest absolute Gasteiger partial charge is 0.308 e. The molecule has 0 unspecified atom stereocenters. The lowest BCUT2D eigenvalue weighted by molar-refractivity contribution is -0.145. The quantitative estimate of drug-likeness (QED) is 0.422. The summed E-state index contributed by atoms with van der Waals surface area (Å²) in [7, 11) is 0. The van der Waals surface area contributed by atoms with E-state index in [1.807, 2.05) is 30.3 Å². The molecule has 1 atom stereocenters. The van der Waals surface area contributed by atoms with Gasteiger partial charge in [0, 0.05) is 15.6 Å². The van der Waals surface area contributed by atoms with Crippen molar-refractivity contribution >= 4 is 46.7 Å². The Morgan fingerprint density at radius 2 is 1.40 bits per heavy atom. The predicted octanol–water partition coefficient (Wildman–Crippen LogP) is 6.25. The maximum atomic E-state index is 12.7. The highest BCUT2D eigenvalue weighted by Gasteiger charge is 2.21. The Balaban J connectivity index is 1.72. The van der Waals surface area contributed by atoms with Gasteiger partial charge in [0.25, 0.3) is 5.91 Å². The van der Waals surface area contributed by atoms with Crippen LogP contribution in [0.4, 0.5) is 0 Å². The highest BCUT2D eigenvalue weighted by atomic mass is 35.5. The lowest BCUT2D eigenvalue weighted by Crippen LogP contribution is -2.30. The summed E-state index contributed by atoms with van der Waals surface area (Å²) in [6.07, 6.45) is -0.0672. The Labute approximate surface area is 189 Å². The molecule has 154 valence electrons. The second-order valence-corrected chi connectivity index (χ2v) is 7.70. The van der Waals surface area contributed by atoms with Crippen LogP contribution < -0.4 is 5.32 Å². The van der Waals surface area contributed by atoms with E-state index in [2.05, 4.69) is 5.32 Å². The maximum absolute atomic E-state index is 12.7. The molecule has 0 aliphatic rings. The molecule has 3 aromatic rings. The first-order valence-corrected chi connectivity index (χ1v) is 10.3. The van der Waals surface area contributed by atoms with Gasteiger partial charge in [-0.2, -0.15) is 0 Å². The first-order valence-electron chi connectivity index (χ1n) is 9.14. The van der Waals surface area contributed by atoms with Crippen LogP contribution in [0.2, 0.25) is 15.1 Å². The molecule has 0 radical (unpaired) electrons. The molecule has 0 fully saturated rings. The molecule has 7 heteroatoms. The van der Waals surface area contributed by atoms with Gasteiger partial charge in [0.05, 0.1) is 23.0 Å². The monoisotopic (exact) mass is 461 g/mol. The Hall–Kier alpha value is -2.53. The number of esters is 1. The third-order valence-electron chi connectivity index (χ3n) is 4.44. The highest BCUT2D eigenvalue weighted by molar-refractivity contribution is 6.36. The van der Waals surface area contributed by atoms with E-state index in [1.54, 1.807) is 42.5 Å². The lowest BCUT2D eigenvalue weighted by atomic mass is 10.0. The number of nitrogens with one attached hydrogen (secondary N) is 1. The first-order chi connectivity index (χ1) is 14.5. The number of halogens is 3. The summed E-state index contributed by atoms with van der Waals surface area (Å²) in [6, 6.07) is 20.4. The topological polar surface area (TPSA) is 55.4 Å². The van der Waals surface area contributed by atoms with Crippen molar-refractivity contribution in [1.29, 1.82) is 0 Å². The number of carbonyl (C=O) groups excluding carboxylic acids is 2. The van der Waals surface area contributed by atoms with E-state index in [0.717, 1.165) is 5.56 Å². The normalized spacial score (nSPS) is 11.6. The third kappa shape index (κ3) is 5.76. The Kier molecular flexibility index (Phi) is 7.75. The van der Waals surface area contributed by atoms with Crippen LogP contribution in [0.25, 0.3) is 0 Å². The molecule has 0 bridgehead atoms. The van der Waals surface area contributed by atoms with E-state index >= 15 is 0 Å². The van der Waals surface area contributed by atoms with E-state index in [4.69, 9.17) is 39.5 Å². The van der Waals surface area contributed by atoms with Gasteiger partial charge in [-0.1, -0.05) is 83.3 Å². The van der Waals surface area contributed by atoms with Crippen molar-refractivity contribution in [2.75, 3.05) is 0 Å². The molecule has 1 amide bonds. The summed E-state index contributed by atoms with van der Waals surface area (Å²) in [5, 5.41) is 4.03. The largest absolute Gasteiger partial charge is 0.461 e. The Morgan fingerprint density at radius 3 is 2.07 bits per heavy atom. The minimum Gasteiger partial charge on any atom is -0.461 e. The summed E-state index contributed by atoms with van der Waals surface area (Å²) in [6.45, 7) is -0.0582. The van der Waals surface area contributed by atoms with Crippen molar-refractivity contribution < 1.29 is 14.3 Å². The molecule has 0 aromatic heterocycles. The molecule has 3 rings (SSSR count). The predicted molar refractivity (Wildman–Crippen MR) is 119 cm³/mol. The molecule has 0 saturated heterocycles. The minimum absolute atomic E-state index is 0.0582. The van der Waals surface area contributed by atoms with Crippen molar-refractivity contribution in [3.63, 3.8) is 0 Å². The maximum Gasteiger partial charge on any atom is 0.308 e. The van der Waals surface area contributed by atoms with Crippen molar-refractivity contribution in [1.82, 2.24) is 5.32 Å². The van der Waals surface area contributed by atoms with Gasteiger partial charge in [-0.15, -0.1) is 0 Å². The minimum atomic E-state index is -0.593. The summed E-state index contributed by atoms with van der Waals surface area (Å²) in [5.74, 6) is -0.879. The lowest BCUT2D eigenvalue weighted by Gasteiger charge is -2.19. The second-order valence-electron chi connectivity index (χ2n) is 6.48. The SMILES string of the molecule is O=C(C[C@@H](NC(=O)c1ccccc1Cl)c1ccccc1)OCc1c(Cl)cccc1Cl. The van der Waals surface area contributed by atoms with Crippen molar-refractivity contribution in [3.05, 3.63) is 105 Å². The molecule has 0 spiro atoms. The van der Waals surface area contributed by atoms with Crippen LogP contribution in [0.1, 0.15) is 33.9 Å². The molecule has 4 nitrogen and oxygen atoms in total. The van der Waals surface area contributed by atoms with Gasteiger partial charge in [0.15, 0.2) is 0 Å². The number of hydrogen-bond donors (Lipinski definition) is 1. The van der Waals surface area contributed by atoms with Crippen LogP contribution in [0.15, 0.2) is 72.8 Å². The number of ether oxygens (including phenoxy) is 1. The van der Waals surface area contributed by atoms with Crippen molar-refractivity contribution in [2.45, 2.75) is 19.1 Å². The summed E-state index contributed by atoms with van der Waals surface area (Å²) >= 11 is 18.4. The van der Waals surface area contributed by atoms with Crippen LogP contribution in [-0.4, -0.2) is 11.9 Å². The van der Waals surface area contributed by atoms with E-state index in [0.29, 0.717) is 26.2 Å². The average molecular weight is 463 g/mol. The Bertz CT molecular complexity index is 1020. The number of rotatable bonds is 7. The number of carbonyl (C=O) groups is 2. The summed E-state index contributed by atoms with van der Waals surface area (Å²) in [4.78, 5) is 25.2. The van der Waals surface area contributed by atoms with Crippen molar-refractivity contribution in [3.8, 4) is 0 Å². The Morgan fingerprint density at radius 1 is 0.800 bits per heavy atom. The van der Waals surface area contributed by atoms with E-state index in [-0.39, 0.29) is 18.9 Å². The van der Waals surface area contributed by atoms with Gasteiger partial charge in [-0.3, -0.25) is 9.59 Å². The van der Waals surface area contributed by atoms with E-state index < -0.39 is 12.0 Å². The molecule has 30 heavy (non-hydrogen) atoms. The van der Waals surface area contributed by atoms with Crippen LogP contribution in [0, 0.1) is 0 Å². The second kappa shape index (κ2) is 10.5. The fourth-order valence-corrected chi connectivity index (χ4v) is 3.60. The number of hydrogen-bond acceptors (Lipinski definition) is 3. The van der Waals surface area contributed by atoms with E-state index in [1.165, 1.54) is 0 Å². The van der Waals surface area contributed by atoms with Gasteiger partial charge in [-0.25, -0.2) is 0 Å². The zero-order chi connectivity index (χ0) is 21.5. The molecule has 0 aliphatic carbocycles. The molecule has 0 heterocycles. The average Bonchev–Trinajstić information content (AvgIpc) is 2.74. The summed E-state index contributed by atoms with van der Waals surface area (Å²) < 4.78 is 5.37. The van der Waals surface area contributed by atoms with Crippen molar-refractivity contribution in [2.24, 2.45) is 0 Å². The zero-order valence-electron chi connectivity index (χ0n) is 15.8. The molecular formula is C23H18Cl3NO3. The third-order valence-corrected chi connectivity index (χ3v) is 5.47. The molecule has 1 N–H and O–H groups in total. The molecule has 3 aromatic carbocycles. The van der Waals surface area contributed by atoms with Gasteiger partial charge in [0.1, 0.15) is 6.61 Å².